The molecule has 0 aromatic heterocycles. The molecule has 2 N–H and O–H groups in total. The lowest BCUT2D eigenvalue weighted by Gasteiger charge is -2.47. The number of aliphatic hydroxyl groups is 1. The molecular weight excluding hydrogens is 256 g/mol. The monoisotopic (exact) mass is 278 g/mol. The van der Waals surface area contributed by atoms with Crippen LogP contribution in [0.15, 0.2) is 24.3 Å². The van der Waals surface area contributed by atoms with E-state index in [2.05, 4.69) is 12.2 Å². The molecule has 1 saturated carbocycles. The van der Waals surface area contributed by atoms with Crippen molar-refractivity contribution >= 4 is 11.4 Å². The molecule has 0 aliphatic heterocycles. The molecule has 1 fully saturated rings. The van der Waals surface area contributed by atoms with Gasteiger partial charge in [-0.25, -0.2) is 0 Å². The van der Waals surface area contributed by atoms with Crippen molar-refractivity contribution < 1.29 is 10.0 Å². The van der Waals surface area contributed by atoms with Crippen LogP contribution < -0.4 is 5.32 Å². The molecule has 110 valence electrons. The molecule has 5 nitrogen and oxygen atoms in total. The van der Waals surface area contributed by atoms with Gasteiger partial charge >= 0.3 is 0 Å². The molecule has 1 aromatic carbocycles. The van der Waals surface area contributed by atoms with Crippen LogP contribution in [0.4, 0.5) is 11.4 Å². The quantitative estimate of drug-likeness (QED) is 0.593. The summed E-state index contributed by atoms with van der Waals surface area (Å²) in [5, 5.41) is 23.4. The van der Waals surface area contributed by atoms with Crippen molar-refractivity contribution in [3.8, 4) is 0 Å². The van der Waals surface area contributed by atoms with E-state index < -0.39 is 0 Å². The minimum absolute atomic E-state index is 0.122. The standard InChI is InChI=1S/C15H22N2O3/c1-12(7-10-18)15(8-4-9-15)11-16-13-5-2-3-6-14(13)17(19)20/h2-3,5-6,12,16,18H,4,7-11H2,1H3/t12-/m0/s1. The zero-order valence-electron chi connectivity index (χ0n) is 11.8. The second-order valence-corrected chi connectivity index (χ2v) is 5.76. The number of nitro groups is 1. The largest absolute Gasteiger partial charge is 0.396 e. The van der Waals surface area contributed by atoms with Crippen LogP contribution in [-0.2, 0) is 0 Å². The summed E-state index contributed by atoms with van der Waals surface area (Å²) in [6.07, 6.45) is 4.25. The molecule has 0 bridgehead atoms. The number of nitro benzene ring substituents is 1. The van der Waals surface area contributed by atoms with Gasteiger partial charge in [0.2, 0.25) is 0 Å². The Morgan fingerprint density at radius 1 is 1.45 bits per heavy atom. The van der Waals surface area contributed by atoms with Crippen LogP contribution in [0, 0.1) is 21.4 Å². The molecule has 0 saturated heterocycles. The van der Waals surface area contributed by atoms with Gasteiger partial charge < -0.3 is 10.4 Å². The van der Waals surface area contributed by atoms with Crippen molar-refractivity contribution in [3.63, 3.8) is 0 Å². The van der Waals surface area contributed by atoms with E-state index in [-0.39, 0.29) is 22.6 Å². The molecule has 0 radical (unpaired) electrons. The summed E-state index contributed by atoms with van der Waals surface area (Å²) >= 11 is 0. The van der Waals surface area contributed by atoms with Gasteiger partial charge in [0, 0.05) is 19.2 Å². The molecule has 2 rings (SSSR count). The molecule has 0 amide bonds. The van der Waals surface area contributed by atoms with Crippen LogP contribution in [0.2, 0.25) is 0 Å². The highest BCUT2D eigenvalue weighted by Crippen LogP contribution is 2.48. The Morgan fingerprint density at radius 2 is 2.15 bits per heavy atom. The highest BCUT2D eigenvalue weighted by molar-refractivity contribution is 5.61. The third-order valence-corrected chi connectivity index (χ3v) is 4.69. The van der Waals surface area contributed by atoms with E-state index in [1.54, 1.807) is 18.2 Å². The highest BCUT2D eigenvalue weighted by atomic mass is 16.6. The van der Waals surface area contributed by atoms with Crippen LogP contribution in [0.3, 0.4) is 0 Å². The van der Waals surface area contributed by atoms with Crippen molar-refractivity contribution in [1.82, 2.24) is 0 Å². The summed E-state index contributed by atoms with van der Waals surface area (Å²) in [5.74, 6) is 0.427. The summed E-state index contributed by atoms with van der Waals surface area (Å²) in [4.78, 5) is 10.6. The van der Waals surface area contributed by atoms with Crippen LogP contribution >= 0.6 is 0 Å². The van der Waals surface area contributed by atoms with E-state index in [4.69, 9.17) is 5.11 Å². The lowest BCUT2D eigenvalue weighted by atomic mass is 9.60. The van der Waals surface area contributed by atoms with Crippen molar-refractivity contribution in [2.75, 3.05) is 18.5 Å². The van der Waals surface area contributed by atoms with Crippen LogP contribution in [0.1, 0.15) is 32.6 Å². The highest BCUT2D eigenvalue weighted by Gasteiger charge is 2.41. The molecule has 1 aliphatic carbocycles. The SMILES string of the molecule is C[C@@H](CCO)C1(CNc2ccccc2[N+](=O)[O-])CCC1. The zero-order chi connectivity index (χ0) is 14.6. The van der Waals surface area contributed by atoms with Crippen molar-refractivity contribution in [1.29, 1.82) is 0 Å². The van der Waals surface area contributed by atoms with E-state index in [0.29, 0.717) is 11.6 Å². The fourth-order valence-electron chi connectivity index (χ4n) is 3.03. The number of hydrogen-bond acceptors (Lipinski definition) is 4. The van der Waals surface area contributed by atoms with E-state index in [9.17, 15) is 10.1 Å². The van der Waals surface area contributed by atoms with Gasteiger partial charge in [0.05, 0.1) is 4.92 Å². The molecule has 1 aromatic rings. The first-order valence-electron chi connectivity index (χ1n) is 7.17. The fraction of sp³-hybridized carbons (Fsp3) is 0.600. The molecule has 0 spiro atoms. The van der Waals surface area contributed by atoms with Gasteiger partial charge in [0.15, 0.2) is 0 Å². The molecule has 5 heteroatoms. The Kier molecular flexibility index (Phi) is 4.60. The van der Waals surface area contributed by atoms with Gasteiger partial charge in [0.1, 0.15) is 5.69 Å². The van der Waals surface area contributed by atoms with E-state index in [1.807, 2.05) is 0 Å². The first-order valence-corrected chi connectivity index (χ1v) is 7.17. The Labute approximate surface area is 119 Å². The number of nitrogens with one attached hydrogen (secondary N) is 1. The first kappa shape index (κ1) is 14.8. The second kappa shape index (κ2) is 6.22. The molecule has 0 unspecified atom stereocenters. The number of para-hydroxylation sites is 2. The maximum atomic E-state index is 11.0. The Balaban J connectivity index is 2.06. The lowest BCUT2D eigenvalue weighted by molar-refractivity contribution is -0.384. The summed E-state index contributed by atoms with van der Waals surface area (Å²) in [5.41, 5.74) is 0.878. The Bertz CT molecular complexity index is 472. The minimum atomic E-state index is -0.354. The number of benzene rings is 1. The van der Waals surface area contributed by atoms with E-state index in [0.717, 1.165) is 25.8 Å². The van der Waals surface area contributed by atoms with E-state index >= 15 is 0 Å². The van der Waals surface area contributed by atoms with Gasteiger partial charge in [-0.05, 0) is 36.7 Å². The second-order valence-electron chi connectivity index (χ2n) is 5.76. The fourth-order valence-corrected chi connectivity index (χ4v) is 3.03. The molecule has 0 heterocycles. The van der Waals surface area contributed by atoms with Gasteiger partial charge in [-0.15, -0.1) is 0 Å². The topological polar surface area (TPSA) is 75.4 Å². The van der Waals surface area contributed by atoms with E-state index in [1.165, 1.54) is 12.5 Å². The maximum absolute atomic E-state index is 11.0. The third kappa shape index (κ3) is 2.93. The smallest absolute Gasteiger partial charge is 0.292 e. The lowest BCUT2D eigenvalue weighted by Crippen LogP contribution is -2.42. The maximum Gasteiger partial charge on any atom is 0.292 e. The summed E-state index contributed by atoms with van der Waals surface area (Å²) in [6, 6.07) is 6.75. The normalized spacial score (nSPS) is 18.1. The number of rotatable bonds is 7. The molecule has 1 atom stereocenters. The van der Waals surface area contributed by atoms with Crippen LogP contribution in [0.5, 0.6) is 0 Å². The number of hydrogen-bond donors (Lipinski definition) is 2. The van der Waals surface area contributed by atoms with Crippen molar-refractivity contribution in [2.24, 2.45) is 11.3 Å². The van der Waals surface area contributed by atoms with Crippen molar-refractivity contribution in [2.45, 2.75) is 32.6 Å². The van der Waals surface area contributed by atoms with Gasteiger partial charge in [-0.1, -0.05) is 25.5 Å². The average Bonchev–Trinajstić information content (AvgIpc) is 2.38. The summed E-state index contributed by atoms with van der Waals surface area (Å²) < 4.78 is 0. The third-order valence-electron chi connectivity index (χ3n) is 4.69. The van der Waals surface area contributed by atoms with Crippen LogP contribution in [0.25, 0.3) is 0 Å². The van der Waals surface area contributed by atoms with Gasteiger partial charge in [0.25, 0.3) is 5.69 Å². The minimum Gasteiger partial charge on any atom is -0.396 e. The number of aliphatic hydroxyl groups excluding tert-OH is 1. The average molecular weight is 278 g/mol. The van der Waals surface area contributed by atoms with Crippen LogP contribution in [-0.4, -0.2) is 23.2 Å². The predicted molar refractivity (Wildman–Crippen MR) is 78.7 cm³/mol. The van der Waals surface area contributed by atoms with Gasteiger partial charge in [-0.2, -0.15) is 0 Å². The number of anilines is 1. The van der Waals surface area contributed by atoms with Crippen molar-refractivity contribution in [3.05, 3.63) is 34.4 Å². The predicted octanol–water partition coefficient (Wildman–Crippen LogP) is 3.20. The Morgan fingerprint density at radius 3 is 2.70 bits per heavy atom. The molecular formula is C15H22N2O3. The zero-order valence-corrected chi connectivity index (χ0v) is 11.8. The molecule has 20 heavy (non-hydrogen) atoms. The first-order chi connectivity index (χ1) is 9.59. The van der Waals surface area contributed by atoms with Gasteiger partial charge in [-0.3, -0.25) is 10.1 Å². The molecule has 1 aliphatic rings. The summed E-state index contributed by atoms with van der Waals surface area (Å²) in [6.45, 7) is 3.10. The number of nitrogens with zero attached hydrogens (tertiary/aromatic N) is 1. The Hall–Kier alpha value is -1.62. The summed E-state index contributed by atoms with van der Waals surface area (Å²) in [7, 11) is 0.